The van der Waals surface area contributed by atoms with E-state index in [0.29, 0.717) is 24.9 Å². The Balaban J connectivity index is 2.11. The molecular weight excluding hydrogens is 446 g/mol. The highest BCUT2D eigenvalue weighted by Gasteiger charge is 2.49. The lowest BCUT2D eigenvalue weighted by molar-refractivity contribution is -0.160. The normalized spacial score (nSPS) is 19.4. The first-order chi connectivity index (χ1) is 15.9. The number of rotatable bonds is 10. The van der Waals surface area contributed by atoms with E-state index in [1.807, 2.05) is 13.8 Å². The Bertz CT molecular complexity index is 875. The van der Waals surface area contributed by atoms with Crippen molar-refractivity contribution in [3.8, 4) is 0 Å². The van der Waals surface area contributed by atoms with E-state index in [0.717, 1.165) is 0 Å². The second-order valence-corrected chi connectivity index (χ2v) is 9.23. The van der Waals surface area contributed by atoms with Gasteiger partial charge in [-0.2, -0.15) is 8.78 Å². The number of alkyl halides is 2. The summed E-state index contributed by atoms with van der Waals surface area (Å²) < 4.78 is 29.7. The van der Waals surface area contributed by atoms with Gasteiger partial charge in [0.25, 0.3) is 5.91 Å². The molecule has 0 radical (unpaired) electrons. The first-order valence-electron chi connectivity index (χ1n) is 11.4. The van der Waals surface area contributed by atoms with Crippen LogP contribution in [0.1, 0.15) is 46.1 Å². The van der Waals surface area contributed by atoms with Crippen molar-refractivity contribution in [1.29, 1.82) is 0 Å². The number of allylic oxidation sites excluding steroid dienone is 1. The Kier molecular flexibility index (Phi) is 9.69. The summed E-state index contributed by atoms with van der Waals surface area (Å²) in [6, 6.07) is 7.12. The number of nitrogens with zero attached hydrogens (tertiary/aromatic N) is 1. The van der Waals surface area contributed by atoms with Crippen molar-refractivity contribution >= 4 is 11.8 Å². The van der Waals surface area contributed by atoms with Crippen molar-refractivity contribution in [3.05, 3.63) is 47.2 Å². The molecule has 10 heteroatoms. The van der Waals surface area contributed by atoms with Crippen LogP contribution in [0.3, 0.4) is 0 Å². The van der Waals surface area contributed by atoms with Crippen LogP contribution in [0, 0.1) is 5.92 Å². The molecule has 1 aromatic carbocycles. The summed E-state index contributed by atoms with van der Waals surface area (Å²) in [7, 11) is 0. The van der Waals surface area contributed by atoms with E-state index in [2.05, 4.69) is 10.6 Å². The molecule has 1 aromatic rings. The number of carbonyl (C=O) groups excluding carboxylic acids is 2. The van der Waals surface area contributed by atoms with Gasteiger partial charge in [0, 0.05) is 19.1 Å². The van der Waals surface area contributed by atoms with E-state index < -0.39 is 47.8 Å². The molecule has 0 saturated carbocycles. The number of likely N-dealkylation sites (tertiary alicyclic amines) is 1. The summed E-state index contributed by atoms with van der Waals surface area (Å²) >= 11 is 0. The molecular formula is C24H36F2N4O4. The number of benzene rings is 1. The monoisotopic (exact) mass is 482 g/mol. The molecule has 2 amide bonds. The van der Waals surface area contributed by atoms with E-state index in [-0.39, 0.29) is 18.0 Å². The summed E-state index contributed by atoms with van der Waals surface area (Å²) in [4.78, 5) is 26.7. The molecule has 1 aliphatic rings. The lowest BCUT2D eigenvalue weighted by Crippen LogP contribution is -2.56. The van der Waals surface area contributed by atoms with E-state index in [1.165, 1.54) is 13.8 Å². The maximum Gasteiger partial charge on any atom is 0.355 e. The Morgan fingerprint density at radius 3 is 2.38 bits per heavy atom. The Morgan fingerprint density at radius 1 is 1.21 bits per heavy atom. The number of amides is 2. The zero-order valence-electron chi connectivity index (χ0n) is 20.1. The first-order valence-corrected chi connectivity index (χ1v) is 11.4. The summed E-state index contributed by atoms with van der Waals surface area (Å²) in [5, 5.41) is 25.5. The van der Waals surface area contributed by atoms with Crippen LogP contribution in [0.5, 0.6) is 0 Å². The molecule has 0 spiro atoms. The third-order valence-electron chi connectivity index (χ3n) is 6.06. The summed E-state index contributed by atoms with van der Waals surface area (Å²) in [5.41, 5.74) is 6.44. The van der Waals surface area contributed by atoms with Crippen LogP contribution in [0.25, 0.3) is 0 Å². The molecule has 1 saturated heterocycles. The lowest BCUT2D eigenvalue weighted by Gasteiger charge is -2.34. The minimum atomic E-state index is -4.19. The highest BCUT2D eigenvalue weighted by molar-refractivity contribution is 5.86. The standard InChI is InChI=1S/C24H36F2N4O4/c1-14(2)18(27)22(33)30-12-8-11-17(30)21(32)29-19(15(3)4)20(31)24(25,26)23(34)28-13-16-9-6-5-7-10-16/h5-7,9-10,14,17-18,20,22,31,33H,8,11-13,27H2,1-4H3,(H,28,34)(H,29,32)/t17?,18-,20?,22?/m0/s1. The van der Waals surface area contributed by atoms with Crippen molar-refractivity contribution in [2.45, 2.75) is 77.4 Å². The second-order valence-electron chi connectivity index (χ2n) is 9.23. The van der Waals surface area contributed by atoms with E-state index >= 15 is 0 Å². The molecule has 1 aliphatic heterocycles. The fourth-order valence-electron chi connectivity index (χ4n) is 3.84. The third-order valence-corrected chi connectivity index (χ3v) is 6.06. The maximum absolute atomic E-state index is 14.8. The van der Waals surface area contributed by atoms with Gasteiger partial charge in [-0.05, 0) is 38.2 Å². The van der Waals surface area contributed by atoms with Gasteiger partial charge >= 0.3 is 5.92 Å². The number of nitrogens with one attached hydrogen (secondary N) is 2. The van der Waals surface area contributed by atoms with Gasteiger partial charge in [0.1, 0.15) is 6.23 Å². The summed E-state index contributed by atoms with van der Waals surface area (Å²) in [5.74, 6) is -6.53. The van der Waals surface area contributed by atoms with Gasteiger partial charge in [-0.15, -0.1) is 0 Å². The molecule has 2 rings (SSSR count). The first kappa shape index (κ1) is 27.8. The number of nitrogens with two attached hydrogens (primary N) is 1. The van der Waals surface area contributed by atoms with Crippen LogP contribution in [0.2, 0.25) is 0 Å². The summed E-state index contributed by atoms with van der Waals surface area (Å²) in [6.45, 7) is 6.89. The lowest BCUT2D eigenvalue weighted by atomic mass is 10.0. The van der Waals surface area contributed by atoms with Crippen LogP contribution in [-0.4, -0.2) is 63.8 Å². The van der Waals surface area contributed by atoms with Gasteiger partial charge < -0.3 is 26.6 Å². The number of hydrogen-bond donors (Lipinski definition) is 5. The summed E-state index contributed by atoms with van der Waals surface area (Å²) in [6.07, 6.45) is -2.63. The molecule has 6 N–H and O–H groups in total. The number of aliphatic hydroxyl groups excluding tert-OH is 2. The number of hydrogen-bond acceptors (Lipinski definition) is 6. The predicted molar refractivity (Wildman–Crippen MR) is 124 cm³/mol. The van der Waals surface area contributed by atoms with Gasteiger partial charge in [0.05, 0.1) is 11.7 Å². The van der Waals surface area contributed by atoms with Crippen molar-refractivity contribution in [2.24, 2.45) is 11.7 Å². The maximum atomic E-state index is 14.8. The Morgan fingerprint density at radius 2 is 1.82 bits per heavy atom. The third kappa shape index (κ3) is 6.59. The molecule has 0 aliphatic carbocycles. The quantitative estimate of drug-likeness (QED) is 0.344. The van der Waals surface area contributed by atoms with Crippen molar-refractivity contribution in [1.82, 2.24) is 15.5 Å². The van der Waals surface area contributed by atoms with E-state index in [4.69, 9.17) is 5.73 Å². The SMILES string of the molecule is CC(C)=C(NC(=O)C1CCCN1C(O)[C@@H](N)C(C)C)C(O)C(F)(F)C(=O)NCc1ccccc1. The highest BCUT2D eigenvalue weighted by atomic mass is 19.3. The van der Waals surface area contributed by atoms with Crippen LogP contribution in [0.4, 0.5) is 8.78 Å². The van der Waals surface area contributed by atoms with Crippen LogP contribution < -0.4 is 16.4 Å². The zero-order chi connectivity index (χ0) is 25.6. The Hall–Kier alpha value is -2.40. The van der Waals surface area contributed by atoms with Crippen molar-refractivity contribution in [3.63, 3.8) is 0 Å². The van der Waals surface area contributed by atoms with Crippen LogP contribution in [0.15, 0.2) is 41.6 Å². The van der Waals surface area contributed by atoms with Crippen molar-refractivity contribution in [2.75, 3.05) is 6.54 Å². The van der Waals surface area contributed by atoms with Crippen molar-refractivity contribution < 1.29 is 28.6 Å². The van der Waals surface area contributed by atoms with Crippen LogP contribution in [-0.2, 0) is 16.1 Å². The molecule has 1 heterocycles. The van der Waals surface area contributed by atoms with Gasteiger partial charge in [-0.3, -0.25) is 14.5 Å². The van der Waals surface area contributed by atoms with Gasteiger partial charge in [0.2, 0.25) is 5.91 Å². The average Bonchev–Trinajstić information content (AvgIpc) is 3.29. The second kappa shape index (κ2) is 11.8. The Labute approximate surface area is 199 Å². The molecule has 0 aromatic heterocycles. The molecule has 4 atom stereocenters. The molecule has 190 valence electrons. The highest BCUT2D eigenvalue weighted by Crippen LogP contribution is 2.27. The minimum absolute atomic E-state index is 0.0393. The van der Waals surface area contributed by atoms with Gasteiger partial charge in [-0.25, -0.2) is 0 Å². The minimum Gasteiger partial charge on any atom is -0.380 e. The fraction of sp³-hybridized carbons (Fsp3) is 0.583. The van der Waals surface area contributed by atoms with Gasteiger partial charge in [-0.1, -0.05) is 49.8 Å². The smallest absolute Gasteiger partial charge is 0.355 e. The number of aliphatic hydroxyl groups is 2. The average molecular weight is 483 g/mol. The molecule has 34 heavy (non-hydrogen) atoms. The number of halogens is 2. The largest absolute Gasteiger partial charge is 0.380 e. The van der Waals surface area contributed by atoms with Gasteiger partial charge in [0.15, 0.2) is 6.10 Å². The molecule has 1 fully saturated rings. The predicted octanol–water partition coefficient (Wildman–Crippen LogP) is 1.48. The van der Waals surface area contributed by atoms with Crippen LogP contribution >= 0.6 is 0 Å². The molecule has 8 nitrogen and oxygen atoms in total. The molecule has 0 bridgehead atoms. The molecule has 3 unspecified atom stereocenters. The topological polar surface area (TPSA) is 128 Å². The zero-order valence-corrected chi connectivity index (χ0v) is 20.1. The van der Waals surface area contributed by atoms with E-state index in [1.54, 1.807) is 35.2 Å². The van der Waals surface area contributed by atoms with E-state index in [9.17, 15) is 28.6 Å². The fourth-order valence-corrected chi connectivity index (χ4v) is 3.84. The number of carbonyl (C=O) groups is 2.